The Hall–Kier alpha value is -1.42. The summed E-state index contributed by atoms with van der Waals surface area (Å²) in [6.45, 7) is 3.84. The first-order valence-corrected chi connectivity index (χ1v) is 6.26. The minimum absolute atomic E-state index is 0.140. The number of rotatable bonds is 2. The molecule has 2 aromatic rings. The van der Waals surface area contributed by atoms with E-state index in [9.17, 15) is 9.90 Å². The van der Waals surface area contributed by atoms with E-state index in [0.29, 0.717) is 22.4 Å². The van der Waals surface area contributed by atoms with Crippen molar-refractivity contribution in [2.75, 3.05) is 6.61 Å². The molecule has 0 unspecified atom stereocenters. The van der Waals surface area contributed by atoms with Gasteiger partial charge in [-0.2, -0.15) is 0 Å². The summed E-state index contributed by atoms with van der Waals surface area (Å²) in [7, 11) is 11.5. The average molecular weight is 256 g/mol. The zero-order chi connectivity index (χ0) is 13.4. The van der Waals surface area contributed by atoms with Gasteiger partial charge in [-0.05, 0) is 36.3 Å². The summed E-state index contributed by atoms with van der Waals surface area (Å²) in [5.74, 6) is -0.521. The van der Waals surface area contributed by atoms with Crippen LogP contribution in [0.5, 0.6) is 5.75 Å². The van der Waals surface area contributed by atoms with Gasteiger partial charge < -0.3 is 9.84 Å². The monoisotopic (exact) mass is 256 g/mol. The van der Waals surface area contributed by atoms with Crippen molar-refractivity contribution in [1.29, 1.82) is 0 Å². The van der Waals surface area contributed by atoms with Crippen LogP contribution < -0.4 is 10.9 Å². The Labute approximate surface area is 112 Å². The molecule has 1 aromatic heterocycles. The van der Waals surface area contributed by atoms with E-state index in [-0.39, 0.29) is 22.6 Å². The molecule has 6 heteroatoms. The first-order valence-electron chi connectivity index (χ1n) is 5.44. The topological polar surface area (TPSA) is 46.5 Å². The number of carbonyl (C=O) groups is 1. The minimum atomic E-state index is -0.381. The van der Waals surface area contributed by atoms with Gasteiger partial charge in [-0.25, -0.2) is 4.79 Å². The van der Waals surface area contributed by atoms with Crippen molar-refractivity contribution in [2.45, 2.75) is 13.8 Å². The molecule has 0 aliphatic carbocycles. The number of phenols is 1. The number of aromatic hydroxyl groups is 1. The number of fused-ring (bicyclic) bond motifs is 1. The Morgan fingerprint density at radius 1 is 1.50 bits per heavy atom. The van der Waals surface area contributed by atoms with E-state index < -0.39 is 0 Å². The molecule has 0 fully saturated rings. The van der Waals surface area contributed by atoms with Crippen LogP contribution in [0.25, 0.3) is 10.1 Å². The van der Waals surface area contributed by atoms with Crippen molar-refractivity contribution in [1.82, 2.24) is 0 Å². The fourth-order valence-electron chi connectivity index (χ4n) is 1.85. The van der Waals surface area contributed by atoms with E-state index in [0.717, 1.165) is 4.70 Å². The van der Waals surface area contributed by atoms with E-state index in [2.05, 4.69) is 0 Å². The van der Waals surface area contributed by atoms with E-state index in [4.69, 9.17) is 20.4 Å². The molecule has 88 valence electrons. The van der Waals surface area contributed by atoms with Crippen LogP contribution in [0.1, 0.15) is 22.2 Å². The second kappa shape index (κ2) is 4.69. The molecule has 0 bridgehead atoms. The molecule has 1 heterocycles. The lowest BCUT2D eigenvalue weighted by molar-refractivity contribution is 0.0531. The standard InChI is InChI=1S/C12H10B2O3S/c1-3-17-12(16)11-5(2)8-7(18-11)4-6(13)10(15)9(8)14/h4,15H,3H2,1-2H3. The molecule has 0 saturated carbocycles. The number of aryl methyl sites for hydroxylation is 1. The van der Waals surface area contributed by atoms with E-state index >= 15 is 0 Å². The molecule has 18 heavy (non-hydrogen) atoms. The van der Waals surface area contributed by atoms with Crippen LogP contribution in [0.3, 0.4) is 0 Å². The summed E-state index contributed by atoms with van der Waals surface area (Å²) in [5, 5.41) is 10.4. The van der Waals surface area contributed by atoms with Gasteiger partial charge in [0.15, 0.2) is 0 Å². The normalized spacial score (nSPS) is 10.8. The summed E-state index contributed by atoms with van der Waals surface area (Å²) in [6, 6.07) is 1.61. The minimum Gasteiger partial charge on any atom is -0.509 e. The highest BCUT2D eigenvalue weighted by molar-refractivity contribution is 7.21. The molecule has 1 N–H and O–H groups in total. The van der Waals surface area contributed by atoms with E-state index in [1.807, 2.05) is 0 Å². The highest BCUT2D eigenvalue weighted by atomic mass is 32.1. The highest BCUT2D eigenvalue weighted by Crippen LogP contribution is 2.31. The summed E-state index contributed by atoms with van der Waals surface area (Å²) in [6.07, 6.45) is 0. The highest BCUT2D eigenvalue weighted by Gasteiger charge is 2.19. The van der Waals surface area contributed by atoms with Gasteiger partial charge in [0.1, 0.15) is 26.3 Å². The first kappa shape index (κ1) is 13.0. The van der Waals surface area contributed by atoms with Gasteiger partial charge >= 0.3 is 5.97 Å². The van der Waals surface area contributed by atoms with Crippen LogP contribution in [0, 0.1) is 6.92 Å². The van der Waals surface area contributed by atoms with Crippen molar-refractivity contribution in [3.8, 4) is 5.75 Å². The zero-order valence-electron chi connectivity index (χ0n) is 10.1. The van der Waals surface area contributed by atoms with Gasteiger partial charge in [0.05, 0.1) is 6.61 Å². The molecule has 0 aliphatic rings. The van der Waals surface area contributed by atoms with Crippen LogP contribution >= 0.6 is 11.3 Å². The number of hydrogen-bond donors (Lipinski definition) is 1. The predicted molar refractivity (Wildman–Crippen MR) is 75.0 cm³/mol. The summed E-state index contributed by atoms with van der Waals surface area (Å²) < 4.78 is 5.74. The van der Waals surface area contributed by atoms with Crippen LogP contribution in [0.4, 0.5) is 0 Å². The molecule has 0 atom stereocenters. The molecular formula is C12H10B2O3S. The average Bonchev–Trinajstić information content (AvgIpc) is 2.64. The van der Waals surface area contributed by atoms with Crippen LogP contribution in [-0.2, 0) is 4.74 Å². The summed E-state index contributed by atoms with van der Waals surface area (Å²) >= 11 is 1.26. The van der Waals surface area contributed by atoms with Crippen molar-refractivity contribution in [3.63, 3.8) is 0 Å². The second-order valence-electron chi connectivity index (χ2n) is 3.88. The van der Waals surface area contributed by atoms with Gasteiger partial charge in [-0.1, -0.05) is 5.46 Å². The molecule has 0 spiro atoms. The Bertz CT molecular complexity index is 634. The van der Waals surface area contributed by atoms with Gasteiger partial charge in [-0.3, -0.25) is 0 Å². The number of carbonyl (C=O) groups excluding carboxylic acids is 1. The largest absolute Gasteiger partial charge is 0.509 e. The Morgan fingerprint density at radius 3 is 2.78 bits per heavy atom. The maximum absolute atomic E-state index is 11.8. The number of phenolic OH excluding ortho intramolecular Hbond substituents is 1. The van der Waals surface area contributed by atoms with E-state index in [1.54, 1.807) is 19.9 Å². The number of ether oxygens (including phenoxy) is 1. The Morgan fingerprint density at radius 2 is 2.17 bits per heavy atom. The third-order valence-electron chi connectivity index (χ3n) is 2.72. The molecule has 0 saturated heterocycles. The zero-order valence-corrected chi connectivity index (χ0v) is 10.9. The fourth-order valence-corrected chi connectivity index (χ4v) is 3.02. The quantitative estimate of drug-likeness (QED) is 0.634. The number of thiophene rings is 1. The Kier molecular flexibility index (Phi) is 3.39. The van der Waals surface area contributed by atoms with Crippen LogP contribution in [0.2, 0.25) is 0 Å². The maximum atomic E-state index is 11.8. The smallest absolute Gasteiger partial charge is 0.348 e. The molecule has 3 nitrogen and oxygen atoms in total. The van der Waals surface area contributed by atoms with E-state index in [1.165, 1.54) is 11.3 Å². The van der Waals surface area contributed by atoms with Crippen molar-refractivity contribution in [2.24, 2.45) is 0 Å². The molecule has 1 aromatic carbocycles. The van der Waals surface area contributed by atoms with Gasteiger partial charge in [0.25, 0.3) is 0 Å². The fraction of sp³-hybridized carbons (Fsp3) is 0.250. The lowest BCUT2D eigenvalue weighted by atomic mass is 9.82. The summed E-state index contributed by atoms with van der Waals surface area (Å²) in [5.41, 5.74) is 1.12. The lowest BCUT2D eigenvalue weighted by Gasteiger charge is -2.06. The number of esters is 1. The summed E-state index contributed by atoms with van der Waals surface area (Å²) in [4.78, 5) is 12.3. The first-order chi connectivity index (χ1) is 8.47. The van der Waals surface area contributed by atoms with Crippen molar-refractivity contribution < 1.29 is 14.6 Å². The van der Waals surface area contributed by atoms with Crippen molar-refractivity contribution >= 4 is 54.0 Å². The second-order valence-corrected chi connectivity index (χ2v) is 4.93. The predicted octanol–water partition coefficient (Wildman–Crippen LogP) is 0.680. The van der Waals surface area contributed by atoms with Crippen LogP contribution in [-0.4, -0.2) is 33.4 Å². The molecule has 0 aliphatic heterocycles. The number of benzene rings is 1. The number of hydrogen-bond acceptors (Lipinski definition) is 4. The van der Waals surface area contributed by atoms with Crippen LogP contribution in [0.15, 0.2) is 6.07 Å². The molecule has 0 amide bonds. The molecule has 4 radical (unpaired) electrons. The maximum Gasteiger partial charge on any atom is 0.348 e. The van der Waals surface area contributed by atoms with Gasteiger partial charge in [-0.15, -0.1) is 11.3 Å². The third kappa shape index (κ3) is 1.90. The third-order valence-corrected chi connectivity index (χ3v) is 3.94. The SMILES string of the molecule is [B]c1cc2sc(C(=O)OCC)c(C)c2c([B])c1O. The molecular weight excluding hydrogens is 246 g/mol. The lowest BCUT2D eigenvalue weighted by Crippen LogP contribution is -2.15. The van der Waals surface area contributed by atoms with Gasteiger partial charge in [0.2, 0.25) is 0 Å². The van der Waals surface area contributed by atoms with Crippen molar-refractivity contribution in [3.05, 3.63) is 16.5 Å². The molecule has 2 rings (SSSR count). The Balaban J connectivity index is 2.71. The van der Waals surface area contributed by atoms with Gasteiger partial charge in [0, 0.05) is 4.70 Å².